The monoisotopic (exact) mass is 299 g/mol. The average molecular weight is 299 g/mol. The molecule has 4 heteroatoms. The van der Waals surface area contributed by atoms with Gasteiger partial charge >= 0.3 is 0 Å². The molecule has 0 bridgehead atoms. The topological polar surface area (TPSA) is 39.9 Å². The molecule has 0 radical (unpaired) electrons. The summed E-state index contributed by atoms with van der Waals surface area (Å²) in [4.78, 5) is 7.05. The molecule has 21 heavy (non-hydrogen) atoms. The van der Waals surface area contributed by atoms with E-state index < -0.39 is 0 Å². The second-order valence-electron chi connectivity index (χ2n) is 5.39. The third-order valence-electron chi connectivity index (χ3n) is 3.47. The summed E-state index contributed by atoms with van der Waals surface area (Å²) in [6, 6.07) is 10.4. The van der Waals surface area contributed by atoms with Crippen molar-refractivity contribution in [3.63, 3.8) is 0 Å². The van der Waals surface area contributed by atoms with Gasteiger partial charge in [-0.1, -0.05) is 19.1 Å². The van der Waals surface area contributed by atoms with Crippen molar-refractivity contribution < 1.29 is 0 Å². The lowest BCUT2D eigenvalue weighted by atomic mass is 10.1. The van der Waals surface area contributed by atoms with Crippen molar-refractivity contribution in [2.24, 2.45) is 0 Å². The summed E-state index contributed by atoms with van der Waals surface area (Å²) in [5.41, 5.74) is 3.09. The molecule has 0 saturated heterocycles. The van der Waals surface area contributed by atoms with Crippen LogP contribution < -0.4 is 0 Å². The van der Waals surface area contributed by atoms with Gasteiger partial charge in [0.05, 0.1) is 22.3 Å². The first-order chi connectivity index (χ1) is 10.1. The van der Waals surface area contributed by atoms with E-state index in [0.717, 1.165) is 25.2 Å². The SMILES string of the molecule is CCc1nc(CN(Cc2ccc(C#N)cc2)C(C)C)cs1. The van der Waals surface area contributed by atoms with Crippen molar-refractivity contribution in [3.05, 3.63) is 51.5 Å². The third-order valence-corrected chi connectivity index (χ3v) is 4.51. The first-order valence-corrected chi connectivity index (χ1v) is 8.16. The first kappa shape index (κ1) is 15.7. The maximum absolute atomic E-state index is 8.85. The minimum atomic E-state index is 0.451. The minimum absolute atomic E-state index is 0.451. The molecule has 3 nitrogen and oxygen atoms in total. The Morgan fingerprint density at radius 2 is 1.95 bits per heavy atom. The predicted octanol–water partition coefficient (Wildman–Crippen LogP) is 3.99. The van der Waals surface area contributed by atoms with E-state index in [1.807, 2.05) is 24.3 Å². The van der Waals surface area contributed by atoms with E-state index in [-0.39, 0.29) is 0 Å². The Hall–Kier alpha value is -1.70. The van der Waals surface area contributed by atoms with E-state index in [9.17, 15) is 0 Å². The van der Waals surface area contributed by atoms with Crippen LogP contribution in [0.3, 0.4) is 0 Å². The molecule has 1 aromatic heterocycles. The van der Waals surface area contributed by atoms with Crippen LogP contribution in [-0.4, -0.2) is 15.9 Å². The zero-order chi connectivity index (χ0) is 15.2. The molecule has 0 aliphatic carbocycles. The zero-order valence-electron chi connectivity index (χ0n) is 12.8. The van der Waals surface area contributed by atoms with Gasteiger partial charge in [-0.25, -0.2) is 4.98 Å². The number of rotatable bonds is 6. The molecule has 0 saturated carbocycles. The van der Waals surface area contributed by atoms with Crippen molar-refractivity contribution in [3.8, 4) is 6.07 Å². The van der Waals surface area contributed by atoms with Crippen molar-refractivity contribution in [2.75, 3.05) is 0 Å². The Labute approximate surface area is 130 Å². The smallest absolute Gasteiger partial charge is 0.0991 e. The molecule has 1 heterocycles. The largest absolute Gasteiger partial charge is 0.291 e. The summed E-state index contributed by atoms with van der Waals surface area (Å²) < 4.78 is 0. The minimum Gasteiger partial charge on any atom is -0.291 e. The van der Waals surface area contributed by atoms with Crippen LogP contribution in [0.5, 0.6) is 0 Å². The lowest BCUT2D eigenvalue weighted by Gasteiger charge is -2.25. The van der Waals surface area contributed by atoms with Gasteiger partial charge in [-0.05, 0) is 38.0 Å². The van der Waals surface area contributed by atoms with Crippen LogP contribution >= 0.6 is 11.3 Å². The van der Waals surface area contributed by atoms with Crippen LogP contribution in [0, 0.1) is 11.3 Å². The van der Waals surface area contributed by atoms with E-state index in [2.05, 4.69) is 42.1 Å². The lowest BCUT2D eigenvalue weighted by molar-refractivity contribution is 0.201. The molecule has 0 amide bonds. The normalized spacial score (nSPS) is 11.0. The number of nitriles is 1. The molecule has 0 unspecified atom stereocenters. The van der Waals surface area contributed by atoms with Gasteiger partial charge in [-0.15, -0.1) is 11.3 Å². The lowest BCUT2D eigenvalue weighted by Crippen LogP contribution is -2.30. The molecule has 0 spiro atoms. The van der Waals surface area contributed by atoms with Crippen LogP contribution in [0.25, 0.3) is 0 Å². The number of hydrogen-bond acceptors (Lipinski definition) is 4. The maximum atomic E-state index is 8.85. The third kappa shape index (κ3) is 4.38. The number of aryl methyl sites for hydroxylation is 1. The van der Waals surface area contributed by atoms with Crippen LogP contribution in [0.1, 0.15) is 42.6 Å². The van der Waals surface area contributed by atoms with Gasteiger partial charge in [-0.2, -0.15) is 5.26 Å². The van der Waals surface area contributed by atoms with Gasteiger partial charge in [0, 0.05) is 24.5 Å². The van der Waals surface area contributed by atoms with Crippen LogP contribution in [0.2, 0.25) is 0 Å². The molecule has 0 aliphatic rings. The number of thiazole rings is 1. The van der Waals surface area contributed by atoms with E-state index in [1.165, 1.54) is 10.6 Å². The average Bonchev–Trinajstić information content (AvgIpc) is 2.95. The quantitative estimate of drug-likeness (QED) is 0.809. The standard InChI is InChI=1S/C17H21N3S/c1-4-17-19-16(12-21-17)11-20(13(2)3)10-15-7-5-14(9-18)6-8-15/h5-8,12-13H,4,10-11H2,1-3H3. The number of nitrogens with zero attached hydrogens (tertiary/aromatic N) is 3. The summed E-state index contributed by atoms with van der Waals surface area (Å²) in [6.45, 7) is 8.30. The van der Waals surface area contributed by atoms with Gasteiger partial charge in [0.25, 0.3) is 0 Å². The number of hydrogen-bond donors (Lipinski definition) is 0. The van der Waals surface area contributed by atoms with Gasteiger partial charge < -0.3 is 0 Å². The Morgan fingerprint density at radius 3 is 2.48 bits per heavy atom. The maximum Gasteiger partial charge on any atom is 0.0991 e. The molecular formula is C17H21N3S. The summed E-state index contributed by atoms with van der Waals surface area (Å²) in [5, 5.41) is 12.2. The molecule has 2 aromatic rings. The molecule has 0 N–H and O–H groups in total. The molecule has 0 aliphatic heterocycles. The fraction of sp³-hybridized carbons (Fsp3) is 0.412. The highest BCUT2D eigenvalue weighted by Gasteiger charge is 2.13. The van der Waals surface area contributed by atoms with E-state index in [4.69, 9.17) is 5.26 Å². The van der Waals surface area contributed by atoms with Crippen molar-refractivity contribution in [1.82, 2.24) is 9.88 Å². The van der Waals surface area contributed by atoms with Gasteiger partial charge in [0.15, 0.2) is 0 Å². The highest BCUT2D eigenvalue weighted by molar-refractivity contribution is 7.09. The second-order valence-corrected chi connectivity index (χ2v) is 6.34. The fourth-order valence-corrected chi connectivity index (χ4v) is 2.87. The number of aromatic nitrogens is 1. The van der Waals surface area contributed by atoms with E-state index in [1.54, 1.807) is 11.3 Å². The van der Waals surface area contributed by atoms with Crippen molar-refractivity contribution in [1.29, 1.82) is 5.26 Å². The highest BCUT2D eigenvalue weighted by atomic mass is 32.1. The summed E-state index contributed by atoms with van der Waals surface area (Å²) >= 11 is 1.74. The fourth-order valence-electron chi connectivity index (χ4n) is 2.13. The Morgan fingerprint density at radius 1 is 1.24 bits per heavy atom. The Bertz CT molecular complexity index is 608. The zero-order valence-corrected chi connectivity index (χ0v) is 13.7. The molecular weight excluding hydrogens is 278 g/mol. The summed E-state index contributed by atoms with van der Waals surface area (Å²) in [5.74, 6) is 0. The van der Waals surface area contributed by atoms with Crippen LogP contribution in [0.15, 0.2) is 29.6 Å². The molecule has 0 fully saturated rings. The Balaban J connectivity index is 2.06. The van der Waals surface area contributed by atoms with Crippen LogP contribution in [0.4, 0.5) is 0 Å². The van der Waals surface area contributed by atoms with Crippen molar-refractivity contribution >= 4 is 11.3 Å². The molecule has 110 valence electrons. The van der Waals surface area contributed by atoms with Gasteiger partial charge in [-0.3, -0.25) is 4.90 Å². The molecule has 0 atom stereocenters. The van der Waals surface area contributed by atoms with E-state index in [0.29, 0.717) is 11.6 Å². The molecule has 2 rings (SSSR count). The Kier molecular flexibility index (Phi) is 5.49. The van der Waals surface area contributed by atoms with Crippen LogP contribution in [-0.2, 0) is 19.5 Å². The van der Waals surface area contributed by atoms with Gasteiger partial charge in [0.2, 0.25) is 0 Å². The van der Waals surface area contributed by atoms with Gasteiger partial charge in [0.1, 0.15) is 0 Å². The van der Waals surface area contributed by atoms with E-state index >= 15 is 0 Å². The highest BCUT2D eigenvalue weighted by Crippen LogP contribution is 2.16. The summed E-state index contributed by atoms with van der Waals surface area (Å²) in [6.07, 6.45) is 1.00. The summed E-state index contributed by atoms with van der Waals surface area (Å²) in [7, 11) is 0. The first-order valence-electron chi connectivity index (χ1n) is 7.28. The molecule has 1 aromatic carbocycles. The predicted molar refractivity (Wildman–Crippen MR) is 87.0 cm³/mol. The number of benzene rings is 1. The van der Waals surface area contributed by atoms with Crippen molar-refractivity contribution in [2.45, 2.75) is 46.3 Å². The second kappa shape index (κ2) is 7.35.